The molecule has 0 radical (unpaired) electrons. The molecule has 0 bridgehead atoms. The van der Waals surface area contributed by atoms with E-state index in [0.717, 1.165) is 4.47 Å². The molecule has 7 heteroatoms. The Labute approximate surface area is 94.9 Å². The maximum Gasteiger partial charge on any atom is 0.331 e. The molecule has 0 atom stereocenters. The second kappa shape index (κ2) is 4.73. The standard InChI is InChI=1S/C8H7BrO5S/c9-6-1-3-7(4-2-6)15(12,13)14-5-8(10)11/h1-4H,5H2,(H,10,11). The molecule has 0 saturated carbocycles. The van der Waals surface area contributed by atoms with Crippen LogP contribution in [0.1, 0.15) is 0 Å². The van der Waals surface area contributed by atoms with Gasteiger partial charge in [-0.1, -0.05) is 15.9 Å². The van der Waals surface area contributed by atoms with E-state index in [4.69, 9.17) is 5.11 Å². The van der Waals surface area contributed by atoms with Crippen molar-refractivity contribution >= 4 is 32.0 Å². The van der Waals surface area contributed by atoms with E-state index < -0.39 is 22.7 Å². The number of carboxylic acids is 1. The molecule has 0 aliphatic rings. The van der Waals surface area contributed by atoms with Gasteiger partial charge in [0.1, 0.15) is 0 Å². The van der Waals surface area contributed by atoms with Crippen LogP contribution in [0, 0.1) is 0 Å². The number of rotatable bonds is 4. The fourth-order valence-corrected chi connectivity index (χ4v) is 1.92. The van der Waals surface area contributed by atoms with Crippen molar-refractivity contribution in [2.24, 2.45) is 0 Å². The third-order valence-electron chi connectivity index (χ3n) is 1.44. The Morgan fingerprint density at radius 3 is 2.33 bits per heavy atom. The van der Waals surface area contributed by atoms with Crippen LogP contribution >= 0.6 is 15.9 Å². The molecular formula is C8H7BrO5S. The fourth-order valence-electron chi connectivity index (χ4n) is 0.797. The van der Waals surface area contributed by atoms with Crippen LogP contribution in [-0.4, -0.2) is 26.1 Å². The largest absolute Gasteiger partial charge is 0.479 e. The summed E-state index contributed by atoms with van der Waals surface area (Å²) in [6.07, 6.45) is 0. The van der Waals surface area contributed by atoms with Gasteiger partial charge in [-0.3, -0.25) is 4.18 Å². The molecule has 0 aliphatic carbocycles. The Morgan fingerprint density at radius 2 is 1.87 bits per heavy atom. The summed E-state index contributed by atoms with van der Waals surface area (Å²) in [5, 5.41) is 8.27. The van der Waals surface area contributed by atoms with Gasteiger partial charge in [0.2, 0.25) is 0 Å². The van der Waals surface area contributed by atoms with Gasteiger partial charge in [0.15, 0.2) is 6.61 Å². The second-order valence-corrected chi connectivity index (χ2v) is 5.10. The summed E-state index contributed by atoms with van der Waals surface area (Å²) >= 11 is 3.14. The van der Waals surface area contributed by atoms with Gasteiger partial charge < -0.3 is 5.11 Å². The van der Waals surface area contributed by atoms with Gasteiger partial charge in [0, 0.05) is 4.47 Å². The van der Waals surface area contributed by atoms with Gasteiger partial charge in [-0.15, -0.1) is 0 Å². The van der Waals surface area contributed by atoms with Crippen LogP contribution in [0.2, 0.25) is 0 Å². The lowest BCUT2D eigenvalue weighted by molar-refractivity contribution is -0.139. The normalized spacial score (nSPS) is 11.3. The van der Waals surface area contributed by atoms with E-state index in [9.17, 15) is 13.2 Å². The van der Waals surface area contributed by atoms with Crippen molar-refractivity contribution in [3.8, 4) is 0 Å². The molecule has 0 spiro atoms. The van der Waals surface area contributed by atoms with Crippen LogP contribution < -0.4 is 0 Å². The molecule has 0 unspecified atom stereocenters. The summed E-state index contributed by atoms with van der Waals surface area (Å²) in [5.41, 5.74) is 0. The van der Waals surface area contributed by atoms with E-state index in [1.807, 2.05) is 0 Å². The summed E-state index contributed by atoms with van der Waals surface area (Å²) in [5.74, 6) is -1.34. The monoisotopic (exact) mass is 294 g/mol. The van der Waals surface area contributed by atoms with Crippen molar-refractivity contribution in [1.29, 1.82) is 0 Å². The number of carbonyl (C=O) groups is 1. The number of carboxylic acid groups (broad SMARTS) is 1. The molecule has 0 fully saturated rings. The first-order chi connectivity index (χ1) is 6.92. The van der Waals surface area contributed by atoms with Crippen molar-refractivity contribution in [1.82, 2.24) is 0 Å². The predicted octanol–water partition coefficient (Wildman–Crippen LogP) is 1.24. The molecule has 82 valence electrons. The molecule has 15 heavy (non-hydrogen) atoms. The third-order valence-corrected chi connectivity index (χ3v) is 3.25. The molecule has 0 heterocycles. The highest BCUT2D eigenvalue weighted by Gasteiger charge is 2.16. The maximum atomic E-state index is 11.3. The van der Waals surface area contributed by atoms with E-state index in [0.29, 0.717) is 0 Å². The van der Waals surface area contributed by atoms with Crippen molar-refractivity contribution < 1.29 is 22.5 Å². The summed E-state index contributed by atoms with van der Waals surface area (Å²) in [6, 6.07) is 5.69. The van der Waals surface area contributed by atoms with Crippen LogP contribution in [0.5, 0.6) is 0 Å². The Kier molecular flexibility index (Phi) is 3.83. The quantitative estimate of drug-likeness (QED) is 0.845. The van der Waals surface area contributed by atoms with Crippen molar-refractivity contribution in [3.05, 3.63) is 28.7 Å². The van der Waals surface area contributed by atoms with Crippen molar-refractivity contribution in [2.75, 3.05) is 6.61 Å². The number of hydrogen-bond acceptors (Lipinski definition) is 4. The Morgan fingerprint density at radius 1 is 1.33 bits per heavy atom. The third kappa shape index (κ3) is 3.61. The lowest BCUT2D eigenvalue weighted by Crippen LogP contribution is -2.13. The minimum Gasteiger partial charge on any atom is -0.479 e. The maximum absolute atomic E-state index is 11.3. The molecule has 0 amide bonds. The van der Waals surface area contributed by atoms with E-state index in [1.165, 1.54) is 24.3 Å². The smallest absolute Gasteiger partial charge is 0.331 e. The topological polar surface area (TPSA) is 80.7 Å². The summed E-state index contributed by atoms with van der Waals surface area (Å²) in [7, 11) is -3.97. The number of halogens is 1. The van der Waals surface area contributed by atoms with Crippen LogP contribution in [0.25, 0.3) is 0 Å². The van der Waals surface area contributed by atoms with Crippen LogP contribution in [0.3, 0.4) is 0 Å². The highest BCUT2D eigenvalue weighted by atomic mass is 79.9. The van der Waals surface area contributed by atoms with E-state index in [2.05, 4.69) is 20.1 Å². The number of aliphatic carboxylic acids is 1. The van der Waals surface area contributed by atoms with E-state index in [1.54, 1.807) is 0 Å². The zero-order chi connectivity index (χ0) is 11.5. The molecule has 0 aliphatic heterocycles. The van der Waals surface area contributed by atoms with Gasteiger partial charge in [0.25, 0.3) is 10.1 Å². The minimum atomic E-state index is -3.97. The zero-order valence-electron chi connectivity index (χ0n) is 7.38. The van der Waals surface area contributed by atoms with Gasteiger partial charge in [-0.05, 0) is 24.3 Å². The zero-order valence-corrected chi connectivity index (χ0v) is 9.79. The summed E-state index contributed by atoms with van der Waals surface area (Å²) in [4.78, 5) is 10.1. The Balaban J connectivity index is 2.87. The molecule has 1 aromatic rings. The molecule has 1 aromatic carbocycles. The molecule has 0 aromatic heterocycles. The minimum absolute atomic E-state index is 0.0769. The fraction of sp³-hybridized carbons (Fsp3) is 0.125. The van der Waals surface area contributed by atoms with Crippen LogP contribution in [0.15, 0.2) is 33.6 Å². The van der Waals surface area contributed by atoms with Crippen LogP contribution in [-0.2, 0) is 19.1 Å². The van der Waals surface area contributed by atoms with Gasteiger partial charge in [-0.2, -0.15) is 8.42 Å². The Hall–Kier alpha value is -0.920. The predicted molar refractivity (Wildman–Crippen MR) is 54.9 cm³/mol. The molecule has 1 rings (SSSR count). The average molecular weight is 295 g/mol. The lowest BCUT2D eigenvalue weighted by Gasteiger charge is -2.02. The highest BCUT2D eigenvalue weighted by molar-refractivity contribution is 9.10. The molecule has 1 N–H and O–H groups in total. The lowest BCUT2D eigenvalue weighted by atomic mass is 10.4. The number of hydrogen-bond donors (Lipinski definition) is 1. The molecular weight excluding hydrogens is 288 g/mol. The summed E-state index contributed by atoms with van der Waals surface area (Å²) < 4.78 is 27.7. The molecule has 5 nitrogen and oxygen atoms in total. The van der Waals surface area contributed by atoms with Crippen LogP contribution in [0.4, 0.5) is 0 Å². The number of benzene rings is 1. The average Bonchev–Trinajstić information content (AvgIpc) is 2.16. The first-order valence-corrected chi connectivity index (χ1v) is 5.99. The SMILES string of the molecule is O=C(O)COS(=O)(=O)c1ccc(Br)cc1. The Bertz CT molecular complexity index is 450. The highest BCUT2D eigenvalue weighted by Crippen LogP contribution is 2.16. The first kappa shape index (κ1) is 12.2. The van der Waals surface area contributed by atoms with E-state index in [-0.39, 0.29) is 4.90 Å². The molecule has 0 saturated heterocycles. The van der Waals surface area contributed by atoms with Gasteiger partial charge >= 0.3 is 5.97 Å². The van der Waals surface area contributed by atoms with Gasteiger partial charge in [0.05, 0.1) is 4.90 Å². The second-order valence-electron chi connectivity index (χ2n) is 2.56. The summed E-state index contributed by atoms with van der Waals surface area (Å²) in [6.45, 7) is -0.877. The van der Waals surface area contributed by atoms with E-state index >= 15 is 0 Å². The van der Waals surface area contributed by atoms with Crippen molar-refractivity contribution in [3.63, 3.8) is 0 Å². The van der Waals surface area contributed by atoms with Gasteiger partial charge in [-0.25, -0.2) is 4.79 Å². The van der Waals surface area contributed by atoms with Crippen molar-refractivity contribution in [2.45, 2.75) is 4.90 Å². The first-order valence-electron chi connectivity index (χ1n) is 3.78.